The Morgan fingerprint density at radius 2 is 1.88 bits per heavy atom. The minimum absolute atomic E-state index is 0.197. The molecule has 0 saturated carbocycles. The lowest BCUT2D eigenvalue weighted by Crippen LogP contribution is -2.47. The zero-order valence-electron chi connectivity index (χ0n) is 14.2. The van der Waals surface area contributed by atoms with E-state index >= 15 is 0 Å². The minimum Gasteiger partial charge on any atom is -0.758 e. The second-order valence-corrected chi connectivity index (χ2v) is 6.87. The molecule has 25 heavy (non-hydrogen) atoms. The lowest BCUT2D eigenvalue weighted by atomic mass is 10.0. The maximum absolute atomic E-state index is 13.1. The Morgan fingerprint density at radius 1 is 1.20 bits per heavy atom. The predicted octanol–water partition coefficient (Wildman–Crippen LogP) is 4.62. The average Bonchev–Trinajstić information content (AvgIpc) is 2.57. The van der Waals surface area contributed by atoms with E-state index in [4.69, 9.17) is 35.8 Å². The van der Waals surface area contributed by atoms with Gasteiger partial charge in [-0.3, -0.25) is 4.79 Å². The third kappa shape index (κ3) is 5.00. The van der Waals surface area contributed by atoms with Crippen LogP contribution < -0.4 is 4.57 Å². The number of hydrogen-bond donors (Lipinski definition) is 0. The summed E-state index contributed by atoms with van der Waals surface area (Å²) in [7, 11) is 0. The summed E-state index contributed by atoms with van der Waals surface area (Å²) < 4.78 is 1.79. The van der Waals surface area contributed by atoms with Gasteiger partial charge in [0.2, 0.25) is 11.8 Å². The molecule has 2 aromatic rings. The summed E-state index contributed by atoms with van der Waals surface area (Å²) in [6.07, 6.45) is 5.80. The smallest absolute Gasteiger partial charge is 0.237 e. The molecule has 3 nitrogen and oxygen atoms in total. The van der Waals surface area contributed by atoms with E-state index in [1.54, 1.807) is 22.8 Å². The van der Waals surface area contributed by atoms with Crippen molar-refractivity contribution in [1.29, 1.82) is 0 Å². The predicted molar refractivity (Wildman–Crippen MR) is 106 cm³/mol. The monoisotopic (exact) mass is 394 g/mol. The van der Waals surface area contributed by atoms with Crippen LogP contribution in [0.2, 0.25) is 10.0 Å². The van der Waals surface area contributed by atoms with Gasteiger partial charge in [0.05, 0.1) is 5.02 Å². The highest BCUT2D eigenvalue weighted by Gasteiger charge is 2.29. The molecule has 0 saturated heterocycles. The number of halogens is 2. The minimum atomic E-state index is -0.704. The highest BCUT2D eigenvalue weighted by molar-refractivity contribution is 7.77. The number of benzene rings is 1. The van der Waals surface area contributed by atoms with Crippen molar-refractivity contribution in [2.45, 2.75) is 32.7 Å². The van der Waals surface area contributed by atoms with Crippen LogP contribution in [0.1, 0.15) is 42.2 Å². The number of ketones is 1. The largest absolute Gasteiger partial charge is 0.758 e. The Bertz CT molecular complexity index is 775. The summed E-state index contributed by atoms with van der Waals surface area (Å²) in [4.78, 5) is 17.4. The second kappa shape index (κ2) is 9.27. The highest BCUT2D eigenvalue weighted by atomic mass is 35.5. The van der Waals surface area contributed by atoms with Crippen molar-refractivity contribution in [3.05, 3.63) is 63.9 Å². The Balaban J connectivity index is 2.45. The highest BCUT2D eigenvalue weighted by Crippen LogP contribution is 2.24. The van der Waals surface area contributed by atoms with Crippen LogP contribution in [0.4, 0.5) is 0 Å². The van der Waals surface area contributed by atoms with Crippen molar-refractivity contribution < 1.29 is 9.36 Å². The molecule has 0 bridgehead atoms. The summed E-state index contributed by atoms with van der Waals surface area (Å²) in [5, 5.41) is 1.13. The molecular weight excluding hydrogens is 375 g/mol. The summed E-state index contributed by atoms with van der Waals surface area (Å²) in [6, 6.07) is 8.13. The van der Waals surface area contributed by atoms with Crippen molar-refractivity contribution in [3.8, 4) is 0 Å². The number of carbonyl (C=O) groups is 1. The summed E-state index contributed by atoms with van der Waals surface area (Å²) in [5.41, 5.74) is 1.60. The lowest BCUT2D eigenvalue weighted by molar-refractivity contribution is -0.692. The molecule has 0 N–H and O–H groups in total. The van der Waals surface area contributed by atoms with Gasteiger partial charge in [-0.2, -0.15) is 4.57 Å². The van der Waals surface area contributed by atoms with Gasteiger partial charge < -0.3 is 17.6 Å². The molecule has 0 aliphatic heterocycles. The molecule has 0 aliphatic carbocycles. The Labute approximate surface area is 164 Å². The van der Waals surface area contributed by atoms with Crippen LogP contribution >= 0.6 is 23.2 Å². The number of rotatable bonds is 7. The van der Waals surface area contributed by atoms with Crippen LogP contribution in [-0.2, 0) is 19.0 Å². The van der Waals surface area contributed by atoms with Crippen molar-refractivity contribution in [2.24, 2.45) is 4.99 Å². The first-order valence-corrected chi connectivity index (χ1v) is 9.34. The number of nitrogens with zero attached hydrogens (tertiary/aromatic N) is 2. The van der Waals surface area contributed by atoms with Crippen molar-refractivity contribution in [1.82, 2.24) is 0 Å². The van der Waals surface area contributed by atoms with Crippen LogP contribution in [0.3, 0.4) is 0 Å². The van der Waals surface area contributed by atoms with Gasteiger partial charge >= 0.3 is 0 Å². The fourth-order valence-corrected chi connectivity index (χ4v) is 3.41. The fraction of sp³-hybridized carbons (Fsp3) is 0.316. The van der Waals surface area contributed by atoms with E-state index in [1.165, 1.54) is 5.56 Å². The van der Waals surface area contributed by atoms with E-state index in [2.05, 4.69) is 11.9 Å². The van der Waals surface area contributed by atoms with Gasteiger partial charge in [0.1, 0.15) is 0 Å². The van der Waals surface area contributed by atoms with Crippen LogP contribution in [0.5, 0.6) is 0 Å². The van der Waals surface area contributed by atoms with Gasteiger partial charge in [0.15, 0.2) is 12.4 Å². The van der Waals surface area contributed by atoms with Gasteiger partial charge in [0.25, 0.3) is 0 Å². The first-order valence-electron chi connectivity index (χ1n) is 8.18. The van der Waals surface area contributed by atoms with Crippen molar-refractivity contribution >= 4 is 46.7 Å². The molecule has 0 radical (unpaired) electrons. The van der Waals surface area contributed by atoms with E-state index in [-0.39, 0.29) is 5.78 Å². The third-order valence-corrected chi connectivity index (χ3v) is 4.65. The number of aryl methyl sites for hydroxylation is 1. The molecule has 0 spiro atoms. The lowest BCUT2D eigenvalue weighted by Gasteiger charge is -2.19. The van der Waals surface area contributed by atoms with Crippen LogP contribution in [-0.4, -0.2) is 17.4 Å². The second-order valence-electron chi connectivity index (χ2n) is 5.61. The zero-order chi connectivity index (χ0) is 18.4. The van der Waals surface area contributed by atoms with Gasteiger partial charge in [-0.25, -0.2) is 0 Å². The summed E-state index contributed by atoms with van der Waals surface area (Å²) >= 11 is 17.6. The summed E-state index contributed by atoms with van der Waals surface area (Å²) in [6.45, 7) is 4.54. The average molecular weight is 395 g/mol. The topological polar surface area (TPSA) is 33.3 Å². The Hall–Kier alpha value is -1.49. The quantitative estimate of drug-likeness (QED) is 0.225. The van der Waals surface area contributed by atoms with Crippen molar-refractivity contribution in [2.75, 3.05) is 6.54 Å². The van der Waals surface area contributed by atoms with Gasteiger partial charge in [0, 0.05) is 29.3 Å². The normalized spacial score (nSPS) is 12.9. The molecule has 132 valence electrons. The van der Waals surface area contributed by atoms with Crippen LogP contribution in [0, 0.1) is 0 Å². The zero-order valence-corrected chi connectivity index (χ0v) is 16.5. The molecule has 0 unspecified atom stereocenters. The number of aliphatic imine (C=N–C) groups is 1. The first kappa shape index (κ1) is 19.8. The van der Waals surface area contributed by atoms with Gasteiger partial charge in [-0.1, -0.05) is 36.5 Å². The Kier molecular flexibility index (Phi) is 7.36. The van der Waals surface area contributed by atoms with Gasteiger partial charge in [-0.15, -0.1) is 0 Å². The van der Waals surface area contributed by atoms with Gasteiger partial charge in [-0.05, 0) is 42.2 Å². The molecule has 6 heteroatoms. The number of aromatic nitrogens is 1. The first-order chi connectivity index (χ1) is 12.0. The van der Waals surface area contributed by atoms with Crippen molar-refractivity contribution in [3.63, 3.8) is 0 Å². The van der Waals surface area contributed by atoms with E-state index in [9.17, 15) is 4.79 Å². The maximum atomic E-state index is 13.1. The van der Waals surface area contributed by atoms with Crippen LogP contribution in [0.25, 0.3) is 0 Å². The van der Waals surface area contributed by atoms with E-state index in [0.717, 1.165) is 12.8 Å². The standard InChI is InChI=1S/C19H20Cl2N2OS/c1-3-5-13-8-10-23(11-9-13)17(19(25)22-4-2)18(24)15-7-6-14(20)12-16(15)21/h6-12,17H,3-5H2,1-2H3/t17-/m1/s1. The molecule has 0 amide bonds. The molecule has 0 aliphatic rings. The number of Topliss-reactive ketones (excluding diaryl/α,β-unsaturated/α-hetero) is 1. The maximum Gasteiger partial charge on any atom is 0.237 e. The molecule has 1 aromatic heterocycles. The SMILES string of the molecule is CCCc1cc[n+]([C@H](C(=O)c2ccc(Cl)cc2Cl)C([S-])=NCC)cc1. The molecule has 1 aromatic carbocycles. The number of hydrogen-bond acceptors (Lipinski definition) is 3. The molecular formula is C19H20Cl2N2OS. The van der Waals surface area contributed by atoms with E-state index in [0.29, 0.717) is 27.2 Å². The van der Waals surface area contributed by atoms with E-state index in [1.807, 2.05) is 31.5 Å². The molecule has 1 heterocycles. The van der Waals surface area contributed by atoms with E-state index < -0.39 is 6.04 Å². The third-order valence-electron chi connectivity index (χ3n) is 3.75. The number of pyridine rings is 1. The Morgan fingerprint density at radius 3 is 2.44 bits per heavy atom. The number of carbonyl (C=O) groups excluding carboxylic acids is 1. The fourth-order valence-electron chi connectivity index (χ4n) is 2.55. The van der Waals surface area contributed by atoms with Crippen LogP contribution in [0.15, 0.2) is 47.7 Å². The summed E-state index contributed by atoms with van der Waals surface area (Å²) in [5.74, 6) is -0.197. The molecule has 0 fully saturated rings. The molecule has 1 atom stereocenters. The molecule has 2 rings (SSSR count).